The Morgan fingerprint density at radius 3 is 2.81 bits per heavy atom. The van der Waals surface area contributed by atoms with Crippen LogP contribution in [-0.2, 0) is 17.9 Å². The molecular formula is C20H21F2N7O2. The van der Waals surface area contributed by atoms with Crippen LogP contribution in [0.5, 0.6) is 0 Å². The maximum absolute atomic E-state index is 13.9. The molecule has 11 heteroatoms. The quantitative estimate of drug-likeness (QED) is 0.679. The molecule has 0 aliphatic carbocycles. The van der Waals surface area contributed by atoms with Gasteiger partial charge in [0.05, 0.1) is 12.2 Å². The van der Waals surface area contributed by atoms with Crippen LogP contribution >= 0.6 is 0 Å². The zero-order chi connectivity index (χ0) is 22.3. The van der Waals surface area contributed by atoms with Gasteiger partial charge in [0.25, 0.3) is 11.8 Å². The van der Waals surface area contributed by atoms with Gasteiger partial charge >= 0.3 is 0 Å². The largest absolute Gasteiger partial charge is 0.337 e. The Morgan fingerprint density at radius 2 is 2.03 bits per heavy atom. The first-order valence-electron chi connectivity index (χ1n) is 9.71. The summed E-state index contributed by atoms with van der Waals surface area (Å²) in [6.07, 6.45) is 1.61. The second-order valence-electron chi connectivity index (χ2n) is 7.45. The highest BCUT2D eigenvalue weighted by atomic mass is 19.2. The summed E-state index contributed by atoms with van der Waals surface area (Å²) < 4.78 is 30.2. The minimum Gasteiger partial charge on any atom is -0.337 e. The summed E-state index contributed by atoms with van der Waals surface area (Å²) in [5.74, 6) is -2.29. The summed E-state index contributed by atoms with van der Waals surface area (Å²) in [5.41, 5.74) is 1.84. The minimum atomic E-state index is -0.973. The number of benzene rings is 1. The van der Waals surface area contributed by atoms with Gasteiger partial charge in [-0.1, -0.05) is 12.1 Å². The lowest BCUT2D eigenvalue weighted by Gasteiger charge is -2.20. The Kier molecular flexibility index (Phi) is 5.25. The predicted octanol–water partition coefficient (Wildman–Crippen LogP) is 1.58. The lowest BCUT2D eigenvalue weighted by molar-refractivity contribution is -0.120. The van der Waals surface area contributed by atoms with Gasteiger partial charge in [-0.2, -0.15) is 5.10 Å². The van der Waals surface area contributed by atoms with Crippen LogP contribution in [0.2, 0.25) is 0 Å². The molecule has 2 aromatic heterocycles. The molecule has 1 aliphatic rings. The standard InChI is InChI=1S/C20H21F2N7O2/c1-11-12(2)25-29-8-7-15(20(31)27(3)19(11)29)24-18(30)17-23-10-28(26-17)9-13-5-4-6-14(21)16(13)22/h4-6,10,15H,7-9H2,1-3H3,(H,24,30)/t15-/m0/s1. The van der Waals surface area contributed by atoms with Gasteiger partial charge < -0.3 is 5.32 Å². The van der Waals surface area contributed by atoms with Crippen molar-refractivity contribution >= 4 is 17.6 Å². The molecule has 2 amide bonds. The van der Waals surface area contributed by atoms with E-state index in [0.29, 0.717) is 18.8 Å². The number of hydrogen-bond acceptors (Lipinski definition) is 5. The van der Waals surface area contributed by atoms with Crippen LogP contribution in [0.3, 0.4) is 0 Å². The molecule has 1 N–H and O–H groups in total. The fourth-order valence-corrected chi connectivity index (χ4v) is 3.63. The minimum absolute atomic E-state index is 0.0810. The summed E-state index contributed by atoms with van der Waals surface area (Å²) in [7, 11) is 1.65. The van der Waals surface area contributed by atoms with Crippen molar-refractivity contribution in [2.75, 3.05) is 11.9 Å². The van der Waals surface area contributed by atoms with Crippen molar-refractivity contribution in [1.82, 2.24) is 29.9 Å². The smallest absolute Gasteiger partial charge is 0.291 e. The highest BCUT2D eigenvalue weighted by Crippen LogP contribution is 2.26. The molecule has 0 saturated carbocycles. The second-order valence-corrected chi connectivity index (χ2v) is 7.45. The van der Waals surface area contributed by atoms with E-state index in [2.05, 4.69) is 20.5 Å². The molecule has 31 heavy (non-hydrogen) atoms. The summed E-state index contributed by atoms with van der Waals surface area (Å²) >= 11 is 0. The van der Waals surface area contributed by atoms with E-state index in [4.69, 9.17) is 0 Å². The molecule has 0 spiro atoms. The first kappa shape index (κ1) is 20.6. The summed E-state index contributed by atoms with van der Waals surface area (Å²) in [5, 5.41) is 11.1. The van der Waals surface area contributed by atoms with Crippen molar-refractivity contribution in [2.45, 2.75) is 39.4 Å². The van der Waals surface area contributed by atoms with Gasteiger partial charge in [0.2, 0.25) is 5.82 Å². The average molecular weight is 429 g/mol. The third kappa shape index (κ3) is 3.78. The van der Waals surface area contributed by atoms with Crippen LogP contribution in [0.4, 0.5) is 14.6 Å². The molecule has 9 nitrogen and oxygen atoms in total. The number of nitrogens with one attached hydrogen (secondary N) is 1. The first-order chi connectivity index (χ1) is 14.8. The molecule has 1 aromatic carbocycles. The summed E-state index contributed by atoms with van der Waals surface area (Å²) in [6.45, 7) is 4.15. The molecule has 162 valence electrons. The zero-order valence-electron chi connectivity index (χ0n) is 17.3. The molecule has 3 heterocycles. The monoisotopic (exact) mass is 429 g/mol. The van der Waals surface area contributed by atoms with Gasteiger partial charge in [0.1, 0.15) is 18.2 Å². The highest BCUT2D eigenvalue weighted by Gasteiger charge is 2.32. The Labute approximate surface area is 176 Å². The SMILES string of the molecule is Cc1nn2c(c1C)N(C)C(=O)[C@@H](NC(=O)c1ncn(Cc3cccc(F)c3F)n1)CC2. The van der Waals surface area contributed by atoms with Crippen LogP contribution in [0.15, 0.2) is 24.5 Å². The molecule has 4 rings (SSSR count). The molecule has 0 bridgehead atoms. The normalized spacial score (nSPS) is 16.2. The average Bonchev–Trinajstić information content (AvgIpc) is 3.29. The van der Waals surface area contributed by atoms with Crippen molar-refractivity contribution in [3.63, 3.8) is 0 Å². The van der Waals surface area contributed by atoms with E-state index in [1.54, 1.807) is 11.7 Å². The van der Waals surface area contributed by atoms with Crippen molar-refractivity contribution in [1.29, 1.82) is 0 Å². The Morgan fingerprint density at radius 1 is 1.26 bits per heavy atom. The molecule has 1 atom stereocenters. The van der Waals surface area contributed by atoms with Gasteiger partial charge in [-0.05, 0) is 26.3 Å². The van der Waals surface area contributed by atoms with Crippen molar-refractivity contribution < 1.29 is 18.4 Å². The molecule has 0 saturated heterocycles. The lowest BCUT2D eigenvalue weighted by atomic mass is 10.2. The number of carbonyl (C=O) groups is 2. The fourth-order valence-electron chi connectivity index (χ4n) is 3.63. The van der Waals surface area contributed by atoms with Crippen molar-refractivity contribution in [2.24, 2.45) is 0 Å². The van der Waals surface area contributed by atoms with Gasteiger partial charge in [0, 0.05) is 24.7 Å². The van der Waals surface area contributed by atoms with E-state index in [1.165, 1.54) is 28.0 Å². The number of hydrogen-bond donors (Lipinski definition) is 1. The Balaban J connectivity index is 1.46. The molecule has 1 aliphatic heterocycles. The number of rotatable bonds is 4. The van der Waals surface area contributed by atoms with Crippen LogP contribution in [-0.4, -0.2) is 49.4 Å². The van der Waals surface area contributed by atoms with E-state index < -0.39 is 23.6 Å². The van der Waals surface area contributed by atoms with Crippen LogP contribution in [0.25, 0.3) is 0 Å². The number of aromatic nitrogens is 5. The number of nitrogens with zero attached hydrogens (tertiary/aromatic N) is 6. The summed E-state index contributed by atoms with van der Waals surface area (Å²) in [6, 6.07) is 3.06. The second kappa shape index (κ2) is 7.89. The van der Waals surface area contributed by atoms with Gasteiger partial charge in [-0.3, -0.25) is 14.5 Å². The van der Waals surface area contributed by atoms with Crippen LogP contribution < -0.4 is 10.2 Å². The zero-order valence-corrected chi connectivity index (χ0v) is 17.3. The number of likely N-dealkylation sites (N-methyl/N-ethyl adjacent to an activating group) is 1. The van der Waals surface area contributed by atoms with Crippen LogP contribution in [0, 0.1) is 25.5 Å². The number of carbonyl (C=O) groups excluding carboxylic acids is 2. The van der Waals surface area contributed by atoms with E-state index in [1.807, 2.05) is 13.8 Å². The van der Waals surface area contributed by atoms with E-state index in [-0.39, 0.29) is 23.8 Å². The van der Waals surface area contributed by atoms with E-state index in [9.17, 15) is 18.4 Å². The Hall–Kier alpha value is -3.63. The van der Waals surface area contributed by atoms with Crippen molar-refractivity contribution in [3.05, 3.63) is 58.8 Å². The molecule has 0 radical (unpaired) electrons. The van der Waals surface area contributed by atoms with Gasteiger partial charge in [0.15, 0.2) is 11.6 Å². The van der Waals surface area contributed by atoms with E-state index in [0.717, 1.165) is 17.3 Å². The van der Waals surface area contributed by atoms with Crippen molar-refractivity contribution in [3.8, 4) is 0 Å². The molecule has 0 unspecified atom stereocenters. The first-order valence-corrected chi connectivity index (χ1v) is 9.71. The topological polar surface area (TPSA) is 97.9 Å². The number of anilines is 1. The lowest BCUT2D eigenvalue weighted by Crippen LogP contribution is -2.47. The highest BCUT2D eigenvalue weighted by molar-refractivity contribution is 6.01. The Bertz CT molecular complexity index is 1170. The predicted molar refractivity (Wildman–Crippen MR) is 106 cm³/mol. The number of halogens is 2. The number of aryl methyl sites for hydroxylation is 2. The maximum Gasteiger partial charge on any atom is 0.291 e. The number of fused-ring (bicyclic) bond motifs is 1. The van der Waals surface area contributed by atoms with Gasteiger partial charge in [-0.25, -0.2) is 23.1 Å². The fraction of sp³-hybridized carbons (Fsp3) is 0.350. The van der Waals surface area contributed by atoms with Gasteiger partial charge in [-0.15, -0.1) is 5.10 Å². The third-order valence-corrected chi connectivity index (χ3v) is 5.38. The third-order valence-electron chi connectivity index (χ3n) is 5.38. The number of amides is 2. The molecule has 0 fully saturated rings. The summed E-state index contributed by atoms with van der Waals surface area (Å²) in [4.78, 5) is 30.9. The molecular weight excluding hydrogens is 408 g/mol. The maximum atomic E-state index is 13.9. The van der Waals surface area contributed by atoms with Crippen LogP contribution in [0.1, 0.15) is 33.9 Å². The molecule has 3 aromatic rings. The van der Waals surface area contributed by atoms with E-state index >= 15 is 0 Å².